The third-order valence-corrected chi connectivity index (χ3v) is 5.99. The Bertz CT molecular complexity index is 1200. The number of benzene rings is 2. The summed E-state index contributed by atoms with van der Waals surface area (Å²) in [5.41, 5.74) is 6.89. The number of hydrazone groups is 1. The predicted molar refractivity (Wildman–Crippen MR) is 118 cm³/mol. The third-order valence-electron chi connectivity index (χ3n) is 4.18. The molecule has 2 aromatic carbocycles. The van der Waals surface area contributed by atoms with Crippen molar-refractivity contribution in [3.05, 3.63) is 83.9 Å². The largest absolute Gasteiger partial charge is 0.253 e. The molecule has 0 aliphatic carbocycles. The van der Waals surface area contributed by atoms with Crippen LogP contribution in [0.25, 0.3) is 26.5 Å². The molecule has 0 saturated heterocycles. The van der Waals surface area contributed by atoms with E-state index in [-0.39, 0.29) is 0 Å². The molecule has 0 aliphatic heterocycles. The Labute approximate surface area is 169 Å². The monoisotopic (exact) mass is 401 g/mol. The molecule has 0 fully saturated rings. The van der Waals surface area contributed by atoms with Gasteiger partial charge in [0.25, 0.3) is 0 Å². The number of hydrogen-bond donors (Lipinski definition) is 1. The van der Waals surface area contributed by atoms with Crippen molar-refractivity contribution in [2.24, 2.45) is 5.10 Å². The van der Waals surface area contributed by atoms with Crippen LogP contribution < -0.4 is 5.43 Å². The maximum Gasteiger partial charge on any atom is 0.204 e. The topological polar surface area (TPSA) is 55.1 Å². The first-order chi connectivity index (χ1) is 13.9. The van der Waals surface area contributed by atoms with Crippen LogP contribution in [-0.4, -0.2) is 21.0 Å². The Morgan fingerprint density at radius 3 is 2.64 bits per heavy atom. The lowest BCUT2D eigenvalue weighted by atomic mass is 10.2. The first kappa shape index (κ1) is 16.9. The van der Waals surface area contributed by atoms with Gasteiger partial charge in [-0.1, -0.05) is 47.7 Å². The minimum atomic E-state index is 0.769. The molecule has 0 unspecified atom stereocenters. The van der Waals surface area contributed by atoms with Crippen LogP contribution >= 0.6 is 22.7 Å². The van der Waals surface area contributed by atoms with Crippen molar-refractivity contribution in [2.75, 3.05) is 5.43 Å². The molecule has 5 nitrogen and oxygen atoms in total. The second-order valence-electron chi connectivity index (χ2n) is 6.05. The van der Waals surface area contributed by atoms with Gasteiger partial charge in [0, 0.05) is 11.8 Å². The molecule has 5 rings (SSSR count). The molecule has 0 radical (unpaired) electrons. The van der Waals surface area contributed by atoms with E-state index < -0.39 is 0 Å². The van der Waals surface area contributed by atoms with Gasteiger partial charge in [-0.05, 0) is 35.7 Å². The molecule has 0 amide bonds. The lowest BCUT2D eigenvalue weighted by Gasteiger charge is -1.98. The Hall–Kier alpha value is -3.29. The zero-order valence-corrected chi connectivity index (χ0v) is 16.3. The highest BCUT2D eigenvalue weighted by Crippen LogP contribution is 2.28. The zero-order valence-electron chi connectivity index (χ0n) is 14.7. The molecule has 5 aromatic rings. The van der Waals surface area contributed by atoms with Gasteiger partial charge in [0.1, 0.15) is 5.69 Å². The van der Waals surface area contributed by atoms with Crippen molar-refractivity contribution in [3.63, 3.8) is 0 Å². The molecule has 28 heavy (non-hydrogen) atoms. The first-order valence-corrected chi connectivity index (χ1v) is 10.4. The fourth-order valence-electron chi connectivity index (χ4n) is 2.88. The minimum Gasteiger partial charge on any atom is -0.253 e. The van der Waals surface area contributed by atoms with Crippen molar-refractivity contribution in [1.82, 2.24) is 14.8 Å². The highest BCUT2D eigenvalue weighted by Gasteiger charge is 2.12. The fraction of sp³-hybridized carbons (Fsp3) is 0. The van der Waals surface area contributed by atoms with Crippen molar-refractivity contribution in [1.29, 1.82) is 0 Å². The summed E-state index contributed by atoms with van der Waals surface area (Å²) in [6.07, 6.45) is 3.79. The number of thiophene rings is 1. The number of para-hydroxylation sites is 2. The van der Waals surface area contributed by atoms with Crippen LogP contribution in [0.2, 0.25) is 0 Å². The number of fused-ring (bicyclic) bond motifs is 1. The van der Waals surface area contributed by atoms with E-state index in [1.54, 1.807) is 28.9 Å². The lowest BCUT2D eigenvalue weighted by Crippen LogP contribution is -1.93. The van der Waals surface area contributed by atoms with Crippen molar-refractivity contribution < 1.29 is 0 Å². The number of nitrogens with zero attached hydrogens (tertiary/aromatic N) is 4. The molecular formula is C21H15N5S2. The number of thiazole rings is 1. The van der Waals surface area contributed by atoms with Crippen LogP contribution in [0, 0.1) is 0 Å². The van der Waals surface area contributed by atoms with Gasteiger partial charge >= 0.3 is 0 Å². The molecule has 0 atom stereocenters. The summed E-state index contributed by atoms with van der Waals surface area (Å²) < 4.78 is 3.02. The van der Waals surface area contributed by atoms with Gasteiger partial charge in [0.2, 0.25) is 5.13 Å². The summed E-state index contributed by atoms with van der Waals surface area (Å²) in [7, 11) is 0. The van der Waals surface area contributed by atoms with E-state index in [0.29, 0.717) is 0 Å². The van der Waals surface area contributed by atoms with E-state index >= 15 is 0 Å². The SMILES string of the molecule is C(=N/Nc1nc2ccccc2s1)/c1cn(-c2ccccc2)nc1-c1cccs1. The number of aromatic nitrogens is 3. The van der Waals surface area contributed by atoms with Gasteiger partial charge in [0.05, 0.1) is 27.0 Å². The van der Waals surface area contributed by atoms with E-state index in [0.717, 1.165) is 37.2 Å². The fourth-order valence-corrected chi connectivity index (χ4v) is 4.42. The number of rotatable bonds is 5. The summed E-state index contributed by atoms with van der Waals surface area (Å²) in [5, 5.41) is 12.0. The molecule has 0 aliphatic rings. The summed E-state index contributed by atoms with van der Waals surface area (Å²) in [6, 6.07) is 22.2. The molecule has 1 N–H and O–H groups in total. The van der Waals surface area contributed by atoms with E-state index in [2.05, 4.69) is 33.0 Å². The Morgan fingerprint density at radius 1 is 0.964 bits per heavy atom. The van der Waals surface area contributed by atoms with Gasteiger partial charge < -0.3 is 0 Å². The number of nitrogens with one attached hydrogen (secondary N) is 1. The van der Waals surface area contributed by atoms with Crippen molar-refractivity contribution in [3.8, 4) is 16.3 Å². The van der Waals surface area contributed by atoms with Crippen molar-refractivity contribution in [2.45, 2.75) is 0 Å². The van der Waals surface area contributed by atoms with Gasteiger partial charge in [-0.15, -0.1) is 11.3 Å². The van der Waals surface area contributed by atoms with Gasteiger partial charge in [-0.25, -0.2) is 9.67 Å². The van der Waals surface area contributed by atoms with Crippen LogP contribution in [0.15, 0.2) is 83.4 Å². The molecular weight excluding hydrogens is 386 g/mol. The third kappa shape index (κ3) is 3.33. The van der Waals surface area contributed by atoms with E-state index in [9.17, 15) is 0 Å². The number of anilines is 1. The number of hydrogen-bond acceptors (Lipinski definition) is 6. The summed E-state index contributed by atoms with van der Waals surface area (Å²) in [4.78, 5) is 5.65. The standard InChI is InChI=1S/C21H15N5S2/c1-2-7-16(8-3-1)26-14-15(20(25-26)19-11-6-12-27-19)13-22-24-21-23-17-9-4-5-10-18(17)28-21/h1-14H,(H,23,24)/b22-13-. The van der Waals surface area contributed by atoms with E-state index in [1.807, 2.05) is 65.5 Å². The second kappa shape index (κ2) is 7.38. The Kier molecular flexibility index (Phi) is 4.44. The highest BCUT2D eigenvalue weighted by atomic mass is 32.1. The van der Waals surface area contributed by atoms with Crippen LogP contribution in [-0.2, 0) is 0 Å². The normalized spacial score (nSPS) is 11.4. The molecule has 0 spiro atoms. The van der Waals surface area contributed by atoms with E-state index in [1.165, 1.54) is 0 Å². The maximum atomic E-state index is 4.78. The van der Waals surface area contributed by atoms with Crippen LogP contribution in [0.5, 0.6) is 0 Å². The molecule has 3 heterocycles. The van der Waals surface area contributed by atoms with Crippen LogP contribution in [0.4, 0.5) is 5.13 Å². The Morgan fingerprint density at radius 2 is 1.82 bits per heavy atom. The summed E-state index contributed by atoms with van der Waals surface area (Å²) in [5.74, 6) is 0. The minimum absolute atomic E-state index is 0.769. The maximum absolute atomic E-state index is 4.78. The van der Waals surface area contributed by atoms with E-state index in [4.69, 9.17) is 5.10 Å². The smallest absolute Gasteiger partial charge is 0.204 e. The van der Waals surface area contributed by atoms with Gasteiger partial charge in [0.15, 0.2) is 0 Å². The molecule has 136 valence electrons. The molecule has 0 bridgehead atoms. The lowest BCUT2D eigenvalue weighted by molar-refractivity contribution is 0.885. The van der Waals surface area contributed by atoms with Gasteiger partial charge in [-0.3, -0.25) is 5.43 Å². The quantitative estimate of drug-likeness (QED) is 0.305. The summed E-state index contributed by atoms with van der Waals surface area (Å²) >= 11 is 3.25. The van der Waals surface area contributed by atoms with Crippen LogP contribution in [0.3, 0.4) is 0 Å². The Balaban J connectivity index is 1.46. The average Bonchev–Trinajstić information content (AvgIpc) is 3.47. The zero-order chi connectivity index (χ0) is 18.8. The van der Waals surface area contributed by atoms with Crippen LogP contribution in [0.1, 0.15) is 5.56 Å². The second-order valence-corrected chi connectivity index (χ2v) is 8.03. The molecule has 0 saturated carbocycles. The summed E-state index contributed by atoms with van der Waals surface area (Å²) in [6.45, 7) is 0. The average molecular weight is 402 g/mol. The molecule has 3 aromatic heterocycles. The first-order valence-electron chi connectivity index (χ1n) is 8.70. The molecule has 7 heteroatoms. The predicted octanol–water partition coefficient (Wildman–Crippen LogP) is 5.66. The van der Waals surface area contributed by atoms with Crippen molar-refractivity contribution >= 4 is 44.2 Å². The highest BCUT2D eigenvalue weighted by molar-refractivity contribution is 7.22. The van der Waals surface area contributed by atoms with Gasteiger partial charge in [-0.2, -0.15) is 10.2 Å².